The van der Waals surface area contributed by atoms with E-state index in [2.05, 4.69) is 10.1 Å². The fourth-order valence-corrected chi connectivity index (χ4v) is 4.50. The third-order valence-corrected chi connectivity index (χ3v) is 5.59. The van der Waals surface area contributed by atoms with Gasteiger partial charge in [-0.3, -0.25) is 0 Å². The van der Waals surface area contributed by atoms with E-state index in [1.807, 2.05) is 0 Å². The largest absolute Gasteiger partial charge is 0.225 e. The summed E-state index contributed by atoms with van der Waals surface area (Å²) < 4.78 is 14.8. The number of rotatable bonds is 1. The van der Waals surface area contributed by atoms with E-state index in [-0.39, 0.29) is 5.82 Å². The molecule has 4 nitrogen and oxygen atoms in total. The van der Waals surface area contributed by atoms with Crippen molar-refractivity contribution in [1.29, 1.82) is 0 Å². The summed E-state index contributed by atoms with van der Waals surface area (Å²) in [5, 5.41) is 5.66. The molecule has 0 fully saturated rings. The SMILES string of the molecule is Fc1ccc(-c2nc3c4c5c(sc4ncn3n2)CCCC5)cc1. The molecule has 0 N–H and O–H groups in total. The number of aromatic nitrogens is 4. The molecule has 3 heterocycles. The highest BCUT2D eigenvalue weighted by atomic mass is 32.1. The zero-order chi connectivity index (χ0) is 15.4. The Balaban J connectivity index is 1.77. The number of benzene rings is 1. The summed E-state index contributed by atoms with van der Waals surface area (Å²) in [7, 11) is 0. The number of hydrogen-bond acceptors (Lipinski definition) is 4. The highest BCUT2D eigenvalue weighted by Gasteiger charge is 2.20. The Kier molecular flexibility index (Phi) is 2.76. The van der Waals surface area contributed by atoms with Crippen LogP contribution in [0.5, 0.6) is 0 Å². The summed E-state index contributed by atoms with van der Waals surface area (Å²) in [4.78, 5) is 11.8. The summed E-state index contributed by atoms with van der Waals surface area (Å²) >= 11 is 1.78. The zero-order valence-corrected chi connectivity index (χ0v) is 13.1. The van der Waals surface area contributed by atoms with E-state index < -0.39 is 0 Å². The second-order valence-electron chi connectivity index (χ2n) is 5.85. The summed E-state index contributed by atoms with van der Waals surface area (Å²) in [6.07, 6.45) is 6.43. The number of fused-ring (bicyclic) bond motifs is 5. The van der Waals surface area contributed by atoms with Crippen LogP contribution in [-0.4, -0.2) is 19.6 Å². The van der Waals surface area contributed by atoms with Gasteiger partial charge in [0.05, 0.1) is 5.39 Å². The van der Waals surface area contributed by atoms with Crippen molar-refractivity contribution >= 4 is 27.2 Å². The second kappa shape index (κ2) is 4.83. The first-order valence-electron chi connectivity index (χ1n) is 7.71. The van der Waals surface area contributed by atoms with Crippen LogP contribution in [0.3, 0.4) is 0 Å². The Morgan fingerprint density at radius 1 is 1.09 bits per heavy atom. The molecule has 114 valence electrons. The normalized spacial score (nSPS) is 14.5. The summed E-state index contributed by atoms with van der Waals surface area (Å²) in [5.41, 5.74) is 3.06. The molecule has 0 radical (unpaired) electrons. The molecule has 0 saturated heterocycles. The molecule has 0 saturated carbocycles. The lowest BCUT2D eigenvalue weighted by Crippen LogP contribution is -1.99. The number of thiophene rings is 1. The van der Waals surface area contributed by atoms with Crippen molar-refractivity contribution in [2.45, 2.75) is 25.7 Å². The van der Waals surface area contributed by atoms with Gasteiger partial charge in [-0.2, -0.15) is 0 Å². The van der Waals surface area contributed by atoms with Crippen LogP contribution in [0, 0.1) is 5.82 Å². The molecule has 23 heavy (non-hydrogen) atoms. The highest BCUT2D eigenvalue weighted by Crippen LogP contribution is 2.37. The Morgan fingerprint density at radius 3 is 2.78 bits per heavy atom. The predicted molar refractivity (Wildman–Crippen MR) is 88.2 cm³/mol. The van der Waals surface area contributed by atoms with Crippen LogP contribution < -0.4 is 0 Å². The molecule has 0 bridgehead atoms. The number of aryl methyl sites for hydroxylation is 2. The average molecular weight is 324 g/mol. The summed E-state index contributed by atoms with van der Waals surface area (Å²) in [6, 6.07) is 6.28. The maximum Gasteiger partial charge on any atom is 0.182 e. The van der Waals surface area contributed by atoms with Gasteiger partial charge in [-0.25, -0.2) is 18.9 Å². The van der Waals surface area contributed by atoms with Gasteiger partial charge in [-0.1, -0.05) is 0 Å². The fraction of sp³-hybridized carbons (Fsp3) is 0.235. The van der Waals surface area contributed by atoms with Crippen LogP contribution in [0.15, 0.2) is 30.6 Å². The minimum atomic E-state index is -0.256. The van der Waals surface area contributed by atoms with E-state index in [9.17, 15) is 4.39 Å². The molecule has 0 atom stereocenters. The monoisotopic (exact) mass is 324 g/mol. The van der Waals surface area contributed by atoms with Gasteiger partial charge in [0.1, 0.15) is 17.0 Å². The van der Waals surface area contributed by atoms with E-state index >= 15 is 0 Å². The van der Waals surface area contributed by atoms with E-state index in [1.54, 1.807) is 34.3 Å². The first kappa shape index (κ1) is 13.1. The van der Waals surface area contributed by atoms with E-state index in [0.717, 1.165) is 34.3 Å². The molecule has 1 aliphatic carbocycles. The summed E-state index contributed by atoms with van der Waals surface area (Å²) in [6.45, 7) is 0. The third kappa shape index (κ3) is 1.98. The van der Waals surface area contributed by atoms with Crippen LogP contribution in [-0.2, 0) is 12.8 Å². The molecule has 1 aromatic carbocycles. The maximum atomic E-state index is 13.1. The standard InChI is InChI=1S/C17H13FN4S/c18-11-7-5-10(6-8-11)15-20-16-14-12-3-1-2-4-13(12)23-17(14)19-9-22(16)21-15/h5-9H,1-4H2. The molecule has 1 aliphatic rings. The van der Waals surface area contributed by atoms with Crippen molar-refractivity contribution in [3.05, 3.63) is 46.9 Å². The molecular weight excluding hydrogens is 311 g/mol. The Morgan fingerprint density at radius 2 is 1.91 bits per heavy atom. The highest BCUT2D eigenvalue weighted by molar-refractivity contribution is 7.19. The first-order valence-corrected chi connectivity index (χ1v) is 8.53. The smallest absolute Gasteiger partial charge is 0.182 e. The molecule has 0 unspecified atom stereocenters. The van der Waals surface area contributed by atoms with Crippen LogP contribution in [0.25, 0.3) is 27.3 Å². The lowest BCUT2D eigenvalue weighted by molar-refractivity contribution is 0.628. The van der Waals surface area contributed by atoms with Gasteiger partial charge in [0.2, 0.25) is 0 Å². The van der Waals surface area contributed by atoms with E-state index in [4.69, 9.17) is 4.98 Å². The number of hydrogen-bond donors (Lipinski definition) is 0. The lowest BCUT2D eigenvalue weighted by atomic mass is 9.97. The quantitative estimate of drug-likeness (QED) is 0.531. The average Bonchev–Trinajstić information content (AvgIpc) is 3.16. The third-order valence-electron chi connectivity index (χ3n) is 4.39. The zero-order valence-electron chi connectivity index (χ0n) is 12.3. The molecule has 0 spiro atoms. The lowest BCUT2D eigenvalue weighted by Gasteiger charge is -2.09. The first-order chi connectivity index (χ1) is 11.3. The van der Waals surface area contributed by atoms with Crippen molar-refractivity contribution in [1.82, 2.24) is 19.6 Å². The van der Waals surface area contributed by atoms with E-state index in [0.29, 0.717) is 5.82 Å². The predicted octanol–water partition coefficient (Wildman–Crippen LogP) is 4.02. The van der Waals surface area contributed by atoms with Crippen LogP contribution in [0.2, 0.25) is 0 Å². The van der Waals surface area contributed by atoms with Gasteiger partial charge >= 0.3 is 0 Å². The molecule has 0 amide bonds. The number of halogens is 1. The van der Waals surface area contributed by atoms with Gasteiger partial charge in [-0.15, -0.1) is 16.4 Å². The molecule has 6 heteroatoms. The minimum absolute atomic E-state index is 0.256. The Bertz CT molecular complexity index is 1030. The van der Waals surface area contributed by atoms with Gasteiger partial charge < -0.3 is 0 Å². The molecule has 5 rings (SSSR count). The van der Waals surface area contributed by atoms with Gasteiger partial charge in [-0.05, 0) is 55.5 Å². The van der Waals surface area contributed by atoms with Gasteiger partial charge in [0.15, 0.2) is 11.5 Å². The molecule has 0 aliphatic heterocycles. The van der Waals surface area contributed by atoms with Crippen molar-refractivity contribution in [3.63, 3.8) is 0 Å². The van der Waals surface area contributed by atoms with Crippen molar-refractivity contribution in [3.8, 4) is 11.4 Å². The van der Waals surface area contributed by atoms with Gasteiger partial charge in [0, 0.05) is 10.4 Å². The summed E-state index contributed by atoms with van der Waals surface area (Å²) in [5.74, 6) is 0.350. The molecular formula is C17H13FN4S. The Labute approximate surface area is 135 Å². The van der Waals surface area contributed by atoms with E-state index in [1.165, 1.54) is 35.4 Å². The van der Waals surface area contributed by atoms with Crippen molar-refractivity contribution in [2.24, 2.45) is 0 Å². The molecule has 3 aromatic heterocycles. The number of nitrogens with zero attached hydrogens (tertiary/aromatic N) is 4. The molecule has 4 aromatic rings. The van der Waals surface area contributed by atoms with Crippen molar-refractivity contribution in [2.75, 3.05) is 0 Å². The Hall–Kier alpha value is -2.34. The van der Waals surface area contributed by atoms with Crippen molar-refractivity contribution < 1.29 is 4.39 Å². The maximum absolute atomic E-state index is 13.1. The van der Waals surface area contributed by atoms with Crippen LogP contribution >= 0.6 is 11.3 Å². The fourth-order valence-electron chi connectivity index (χ4n) is 3.28. The topological polar surface area (TPSA) is 43.1 Å². The second-order valence-corrected chi connectivity index (χ2v) is 6.93. The van der Waals surface area contributed by atoms with Crippen LogP contribution in [0.1, 0.15) is 23.3 Å². The minimum Gasteiger partial charge on any atom is -0.225 e. The van der Waals surface area contributed by atoms with Gasteiger partial charge in [0.25, 0.3) is 0 Å². The van der Waals surface area contributed by atoms with Crippen LogP contribution in [0.4, 0.5) is 4.39 Å².